The van der Waals surface area contributed by atoms with E-state index in [0.29, 0.717) is 23.4 Å². The molecule has 0 unspecified atom stereocenters. The number of fused-ring (bicyclic) bond motifs is 2. The lowest BCUT2D eigenvalue weighted by molar-refractivity contribution is 0.0854. The smallest absolute Gasteiger partial charge is 0.255 e. The number of ketones is 2. The first-order valence-electron chi connectivity index (χ1n) is 14.2. The van der Waals surface area contributed by atoms with Crippen molar-refractivity contribution in [2.24, 2.45) is 10.8 Å². The third-order valence-corrected chi connectivity index (χ3v) is 9.08. The first kappa shape index (κ1) is 38.7. The number of carbonyl (C=O) groups excluding carboxylic acids is 3. The molecule has 0 atom stereocenters. The molecule has 0 spiro atoms. The van der Waals surface area contributed by atoms with Crippen LogP contribution >= 0.6 is 39.1 Å². The Bertz CT molecular complexity index is 1930. The van der Waals surface area contributed by atoms with E-state index in [-0.39, 0.29) is 52.1 Å². The van der Waals surface area contributed by atoms with Crippen molar-refractivity contribution in [1.29, 1.82) is 0 Å². The highest BCUT2D eigenvalue weighted by Gasteiger charge is 2.42. The molecule has 2 aliphatic rings. The molecule has 0 fully saturated rings. The molecule has 4 aromatic carbocycles. The van der Waals surface area contributed by atoms with Crippen molar-refractivity contribution >= 4 is 68.0 Å². The highest BCUT2D eigenvalue weighted by atomic mass is 79.9. The average Bonchev–Trinajstić information content (AvgIpc) is 3.39. The van der Waals surface area contributed by atoms with Crippen LogP contribution in [0.1, 0.15) is 77.3 Å². The van der Waals surface area contributed by atoms with Gasteiger partial charge in [-0.15, -0.1) is 0 Å². The summed E-state index contributed by atoms with van der Waals surface area (Å²) < 4.78 is 53.8. The maximum absolute atomic E-state index is 14.0. The summed E-state index contributed by atoms with van der Waals surface area (Å²) in [5.41, 5.74) is 6.52. The van der Waals surface area contributed by atoms with Crippen molar-refractivity contribution in [1.82, 2.24) is 0 Å². The summed E-state index contributed by atoms with van der Waals surface area (Å²) in [6.07, 6.45) is 0.894. The topological polar surface area (TPSA) is 89.3 Å². The van der Waals surface area contributed by atoms with Crippen LogP contribution in [0.2, 0.25) is 10.0 Å². The molecule has 12 heteroatoms. The van der Waals surface area contributed by atoms with Gasteiger partial charge in [0.05, 0.1) is 21.2 Å². The predicted octanol–water partition coefficient (Wildman–Crippen LogP) is 10.7. The van der Waals surface area contributed by atoms with Crippen LogP contribution in [0.15, 0.2) is 65.1 Å². The number of hydrogen-bond acceptors (Lipinski definition) is 4. The third kappa shape index (κ3) is 8.10. The Labute approximate surface area is 294 Å². The Morgan fingerprint density at radius 2 is 1.19 bits per heavy atom. The number of anilines is 2. The van der Waals surface area contributed by atoms with Crippen LogP contribution in [0.4, 0.5) is 28.9 Å². The standard InChI is InChI=1S/C18H14ClF2NO2.C11H10BrFO.C6H5ClFN.CH4/c1-18(2)8-11-10(4-6-14(21)15(11)16(18)23)17(24)22-9-3-5-13(20)12(19)7-9;1-11(2)5-6-7(12)3-4-8(13)9(6)10(11)14;7-5-3-4(9)1-2-6(5)8;/h3-7H,8H2,1-2H3,(H,22,24);3-4H,5H2,1-2H3;1-3H,9H2;1H4. The second kappa shape index (κ2) is 14.8. The largest absolute Gasteiger partial charge is 0.399 e. The molecule has 0 radical (unpaired) electrons. The molecule has 3 N–H and O–H groups in total. The molecule has 254 valence electrons. The Morgan fingerprint density at radius 3 is 1.69 bits per heavy atom. The van der Waals surface area contributed by atoms with E-state index >= 15 is 0 Å². The fourth-order valence-corrected chi connectivity index (χ4v) is 6.12. The number of amides is 1. The Morgan fingerprint density at radius 1 is 0.729 bits per heavy atom. The van der Waals surface area contributed by atoms with Crippen LogP contribution in [0.25, 0.3) is 0 Å². The maximum atomic E-state index is 14.0. The lowest BCUT2D eigenvalue weighted by Crippen LogP contribution is -2.19. The second-order valence-corrected chi connectivity index (χ2v) is 14.0. The molecule has 0 bridgehead atoms. The van der Waals surface area contributed by atoms with E-state index < -0.39 is 40.0 Å². The van der Waals surface area contributed by atoms with Gasteiger partial charge in [0, 0.05) is 32.2 Å². The average molecular weight is 768 g/mol. The van der Waals surface area contributed by atoms with Gasteiger partial charge >= 0.3 is 0 Å². The van der Waals surface area contributed by atoms with Gasteiger partial charge in [0.1, 0.15) is 23.3 Å². The SMILES string of the molecule is C.CC1(C)Cc2c(Br)ccc(F)c2C1=O.CC1(C)Cc2c(C(=O)Nc3ccc(F)c(Cl)c3)ccc(F)c2C1=O.Nc1ccc(F)c(Cl)c1. The number of hydrogen-bond donors (Lipinski definition) is 2. The molecule has 0 saturated carbocycles. The van der Waals surface area contributed by atoms with Crippen molar-refractivity contribution < 1.29 is 31.9 Å². The number of carbonyl (C=O) groups is 3. The predicted molar refractivity (Wildman–Crippen MR) is 186 cm³/mol. The van der Waals surface area contributed by atoms with Crippen molar-refractivity contribution in [3.8, 4) is 0 Å². The molecule has 6 rings (SSSR count). The van der Waals surface area contributed by atoms with Crippen molar-refractivity contribution in [2.45, 2.75) is 48.0 Å². The Balaban J connectivity index is 0.000000219. The van der Waals surface area contributed by atoms with Crippen molar-refractivity contribution in [3.63, 3.8) is 0 Å². The number of rotatable bonds is 2. The summed E-state index contributed by atoms with van der Waals surface area (Å²) in [6, 6.07) is 13.3. The fraction of sp³-hybridized carbons (Fsp3) is 0.250. The lowest BCUT2D eigenvalue weighted by Gasteiger charge is -2.13. The summed E-state index contributed by atoms with van der Waals surface area (Å²) in [7, 11) is 0. The number of Topliss-reactive ketones (excluding diaryl/α,β-unsaturated/α-hetero) is 2. The van der Waals surface area contributed by atoms with Crippen LogP contribution < -0.4 is 11.1 Å². The first-order valence-corrected chi connectivity index (χ1v) is 15.7. The van der Waals surface area contributed by atoms with Crippen LogP contribution in [-0.2, 0) is 12.8 Å². The number of benzene rings is 4. The van der Waals surface area contributed by atoms with Gasteiger partial charge in [-0.1, -0.05) is 74.3 Å². The Kier molecular flexibility index (Phi) is 11.9. The Hall–Kier alpha value is -3.73. The lowest BCUT2D eigenvalue weighted by atomic mass is 9.89. The van der Waals surface area contributed by atoms with Crippen molar-refractivity contribution in [3.05, 3.63) is 126 Å². The second-order valence-electron chi connectivity index (χ2n) is 12.4. The normalized spacial score (nSPS) is 14.8. The first-order chi connectivity index (χ1) is 21.8. The van der Waals surface area contributed by atoms with Crippen LogP contribution in [0.3, 0.4) is 0 Å². The summed E-state index contributed by atoms with van der Waals surface area (Å²) >= 11 is 14.4. The van der Waals surface area contributed by atoms with E-state index in [4.69, 9.17) is 28.9 Å². The van der Waals surface area contributed by atoms with Crippen LogP contribution in [0, 0.1) is 34.1 Å². The monoisotopic (exact) mass is 766 g/mol. The van der Waals surface area contributed by atoms with E-state index in [2.05, 4.69) is 21.2 Å². The van der Waals surface area contributed by atoms with Crippen LogP contribution in [0.5, 0.6) is 0 Å². The minimum atomic E-state index is -0.751. The zero-order valence-electron chi connectivity index (χ0n) is 25.6. The van der Waals surface area contributed by atoms with Gasteiger partial charge in [0.2, 0.25) is 0 Å². The van der Waals surface area contributed by atoms with Crippen molar-refractivity contribution in [2.75, 3.05) is 11.1 Å². The summed E-state index contributed by atoms with van der Waals surface area (Å²) in [5, 5.41) is 2.54. The van der Waals surface area contributed by atoms with Gasteiger partial charge in [-0.25, -0.2) is 17.6 Å². The van der Waals surface area contributed by atoms with Gasteiger partial charge in [0.15, 0.2) is 11.6 Å². The van der Waals surface area contributed by atoms with Gasteiger partial charge in [0.25, 0.3) is 5.91 Å². The molecule has 5 nitrogen and oxygen atoms in total. The zero-order chi connectivity index (χ0) is 35.0. The molecule has 4 aromatic rings. The minimum Gasteiger partial charge on any atom is -0.399 e. The van der Waals surface area contributed by atoms with E-state index in [1.807, 2.05) is 13.8 Å². The fourth-order valence-electron chi connectivity index (χ4n) is 5.28. The molecule has 0 aliphatic heterocycles. The zero-order valence-corrected chi connectivity index (χ0v) is 28.7. The summed E-state index contributed by atoms with van der Waals surface area (Å²) in [6.45, 7) is 7.13. The number of halogens is 7. The number of nitrogen functional groups attached to an aromatic ring is 1. The molecule has 0 heterocycles. The summed E-state index contributed by atoms with van der Waals surface area (Å²) in [5.74, 6) is -2.96. The van der Waals surface area contributed by atoms with Gasteiger partial charge in [-0.2, -0.15) is 0 Å². The van der Waals surface area contributed by atoms with Gasteiger partial charge in [-0.3, -0.25) is 14.4 Å². The maximum Gasteiger partial charge on any atom is 0.255 e. The molecule has 0 aromatic heterocycles. The minimum absolute atomic E-state index is 0. The third-order valence-electron chi connectivity index (χ3n) is 7.75. The number of nitrogens with two attached hydrogens (primary N) is 1. The van der Waals surface area contributed by atoms with Gasteiger partial charge < -0.3 is 11.1 Å². The number of nitrogens with one attached hydrogen (secondary N) is 1. The molecule has 2 aliphatic carbocycles. The van der Waals surface area contributed by atoms with Gasteiger partial charge in [-0.05, 0) is 84.6 Å². The van der Waals surface area contributed by atoms with Crippen LogP contribution in [-0.4, -0.2) is 17.5 Å². The quantitative estimate of drug-likeness (QED) is 0.157. The molecular weight excluding hydrogens is 735 g/mol. The van der Waals surface area contributed by atoms with E-state index in [1.165, 1.54) is 42.5 Å². The molecule has 48 heavy (non-hydrogen) atoms. The summed E-state index contributed by atoms with van der Waals surface area (Å²) in [4.78, 5) is 36.7. The molecule has 1 amide bonds. The van der Waals surface area contributed by atoms with E-state index in [1.54, 1.807) is 19.9 Å². The van der Waals surface area contributed by atoms with E-state index in [9.17, 15) is 31.9 Å². The highest BCUT2D eigenvalue weighted by molar-refractivity contribution is 9.10. The highest BCUT2D eigenvalue weighted by Crippen LogP contribution is 2.41. The molecule has 0 saturated heterocycles. The van der Waals surface area contributed by atoms with E-state index in [0.717, 1.165) is 22.2 Å². The molecular formula is C36H33BrCl2F4N2O3.